The second-order valence-corrected chi connectivity index (χ2v) is 5.77. The van der Waals surface area contributed by atoms with Crippen molar-refractivity contribution in [2.75, 3.05) is 5.32 Å². The number of nitrogens with one attached hydrogen (secondary N) is 1. The summed E-state index contributed by atoms with van der Waals surface area (Å²) in [5.41, 5.74) is 3.64. The minimum Gasteiger partial charge on any atom is -0.489 e. The highest BCUT2D eigenvalue weighted by molar-refractivity contribution is 6.04. The molecule has 0 radical (unpaired) electrons. The summed E-state index contributed by atoms with van der Waals surface area (Å²) in [6.07, 6.45) is 0.872. The van der Waals surface area contributed by atoms with Gasteiger partial charge in [0.15, 0.2) is 0 Å². The summed E-state index contributed by atoms with van der Waals surface area (Å²) >= 11 is 0. The molecular weight excluding hydrogens is 310 g/mol. The van der Waals surface area contributed by atoms with Crippen molar-refractivity contribution >= 4 is 11.6 Å². The van der Waals surface area contributed by atoms with Gasteiger partial charge in [0.25, 0.3) is 5.91 Å². The number of hydrogen-bond donors (Lipinski definition) is 1. The number of aryl methyl sites for hydroxylation is 1. The molecule has 3 nitrogen and oxygen atoms in total. The number of carbonyl (C=O) groups is 1. The third-order valence-electron chi connectivity index (χ3n) is 3.99. The number of amides is 1. The monoisotopic (exact) mass is 331 g/mol. The average molecular weight is 331 g/mol. The Balaban J connectivity index is 1.69. The first-order valence-corrected chi connectivity index (χ1v) is 8.42. The first kappa shape index (κ1) is 16.8. The summed E-state index contributed by atoms with van der Waals surface area (Å²) < 4.78 is 5.80. The lowest BCUT2D eigenvalue weighted by Gasteiger charge is -2.11. The van der Waals surface area contributed by atoms with Crippen LogP contribution >= 0.6 is 0 Å². The number of ether oxygens (including phenoxy) is 1. The van der Waals surface area contributed by atoms with Crippen molar-refractivity contribution in [1.82, 2.24) is 0 Å². The standard InChI is InChI=1S/C22H21NO2/c1-2-18-11-6-7-14-21(18)23-22(24)19-12-8-13-20(15-19)25-16-17-9-4-3-5-10-17/h3-15H,2,16H2,1H3,(H,23,24). The summed E-state index contributed by atoms with van der Waals surface area (Å²) in [5.74, 6) is 0.548. The molecule has 0 aliphatic heterocycles. The van der Waals surface area contributed by atoms with E-state index in [0.717, 1.165) is 23.2 Å². The fraction of sp³-hybridized carbons (Fsp3) is 0.136. The lowest BCUT2D eigenvalue weighted by Crippen LogP contribution is -2.13. The van der Waals surface area contributed by atoms with E-state index in [2.05, 4.69) is 12.2 Å². The van der Waals surface area contributed by atoms with Crippen LogP contribution in [0, 0.1) is 0 Å². The molecule has 25 heavy (non-hydrogen) atoms. The molecule has 0 aliphatic rings. The van der Waals surface area contributed by atoms with Gasteiger partial charge in [-0.25, -0.2) is 0 Å². The van der Waals surface area contributed by atoms with Crippen LogP contribution in [-0.4, -0.2) is 5.91 Å². The highest BCUT2D eigenvalue weighted by atomic mass is 16.5. The molecule has 3 rings (SSSR count). The van der Waals surface area contributed by atoms with Crippen molar-refractivity contribution in [3.8, 4) is 5.75 Å². The molecule has 3 heteroatoms. The molecule has 3 aromatic rings. The van der Waals surface area contributed by atoms with Crippen LogP contribution in [0.2, 0.25) is 0 Å². The van der Waals surface area contributed by atoms with Gasteiger partial charge >= 0.3 is 0 Å². The molecule has 0 spiro atoms. The third-order valence-corrected chi connectivity index (χ3v) is 3.99. The van der Waals surface area contributed by atoms with E-state index in [1.54, 1.807) is 12.1 Å². The zero-order chi connectivity index (χ0) is 17.5. The van der Waals surface area contributed by atoms with Crippen molar-refractivity contribution in [3.05, 3.63) is 95.6 Å². The molecule has 0 heterocycles. The van der Waals surface area contributed by atoms with Crippen LogP contribution in [0.1, 0.15) is 28.4 Å². The van der Waals surface area contributed by atoms with Crippen molar-refractivity contribution in [2.45, 2.75) is 20.0 Å². The molecule has 0 atom stereocenters. The molecule has 0 bridgehead atoms. The first-order valence-electron chi connectivity index (χ1n) is 8.42. The number of carbonyl (C=O) groups excluding carboxylic acids is 1. The van der Waals surface area contributed by atoms with E-state index in [0.29, 0.717) is 17.9 Å². The predicted molar refractivity (Wildman–Crippen MR) is 101 cm³/mol. The van der Waals surface area contributed by atoms with Gasteiger partial charge in [-0.1, -0.05) is 61.5 Å². The van der Waals surface area contributed by atoms with Crippen LogP contribution in [-0.2, 0) is 13.0 Å². The quantitative estimate of drug-likeness (QED) is 0.684. The zero-order valence-electron chi connectivity index (χ0n) is 14.2. The molecule has 0 saturated heterocycles. The lowest BCUT2D eigenvalue weighted by atomic mass is 10.1. The Hall–Kier alpha value is -3.07. The summed E-state index contributed by atoms with van der Waals surface area (Å²) in [4.78, 5) is 12.5. The summed E-state index contributed by atoms with van der Waals surface area (Å²) in [5, 5.41) is 2.98. The minimum atomic E-state index is -0.133. The van der Waals surface area contributed by atoms with Crippen LogP contribution in [0.15, 0.2) is 78.9 Å². The Morgan fingerprint density at radius 1 is 0.920 bits per heavy atom. The van der Waals surface area contributed by atoms with E-state index in [4.69, 9.17) is 4.74 Å². The topological polar surface area (TPSA) is 38.3 Å². The molecule has 1 N–H and O–H groups in total. The van der Waals surface area contributed by atoms with Crippen LogP contribution < -0.4 is 10.1 Å². The van der Waals surface area contributed by atoms with Crippen molar-refractivity contribution < 1.29 is 9.53 Å². The predicted octanol–water partition coefficient (Wildman–Crippen LogP) is 5.08. The average Bonchev–Trinajstić information content (AvgIpc) is 2.68. The number of anilines is 1. The molecule has 3 aromatic carbocycles. The van der Waals surface area contributed by atoms with E-state index in [1.165, 1.54) is 0 Å². The highest BCUT2D eigenvalue weighted by Gasteiger charge is 2.09. The van der Waals surface area contributed by atoms with Crippen molar-refractivity contribution in [3.63, 3.8) is 0 Å². The van der Waals surface area contributed by atoms with Gasteiger partial charge in [0.05, 0.1) is 0 Å². The van der Waals surface area contributed by atoms with Crippen LogP contribution in [0.5, 0.6) is 5.75 Å². The summed E-state index contributed by atoms with van der Waals surface area (Å²) in [6.45, 7) is 2.55. The Labute approximate surface area is 148 Å². The fourth-order valence-electron chi connectivity index (χ4n) is 2.61. The Morgan fingerprint density at radius 2 is 1.68 bits per heavy atom. The number of para-hydroxylation sites is 1. The van der Waals surface area contributed by atoms with Gasteiger partial charge < -0.3 is 10.1 Å². The van der Waals surface area contributed by atoms with E-state index in [9.17, 15) is 4.79 Å². The number of rotatable bonds is 6. The Bertz CT molecular complexity index is 843. The first-order chi connectivity index (χ1) is 12.3. The molecule has 126 valence electrons. The van der Waals surface area contributed by atoms with Gasteiger partial charge in [0, 0.05) is 11.3 Å². The Morgan fingerprint density at radius 3 is 2.48 bits per heavy atom. The van der Waals surface area contributed by atoms with E-state index >= 15 is 0 Å². The van der Waals surface area contributed by atoms with Crippen LogP contribution in [0.3, 0.4) is 0 Å². The third kappa shape index (κ3) is 4.48. The molecule has 0 saturated carbocycles. The fourth-order valence-corrected chi connectivity index (χ4v) is 2.61. The van der Waals surface area contributed by atoms with Gasteiger partial charge in [0.2, 0.25) is 0 Å². The van der Waals surface area contributed by atoms with Gasteiger partial charge in [-0.2, -0.15) is 0 Å². The SMILES string of the molecule is CCc1ccccc1NC(=O)c1cccc(OCc2ccccc2)c1. The van der Waals surface area contributed by atoms with E-state index in [1.807, 2.05) is 66.7 Å². The summed E-state index contributed by atoms with van der Waals surface area (Å²) in [6, 6.07) is 25.1. The molecule has 1 amide bonds. The molecule has 0 unspecified atom stereocenters. The normalized spacial score (nSPS) is 10.3. The van der Waals surface area contributed by atoms with Gasteiger partial charge in [-0.05, 0) is 41.8 Å². The smallest absolute Gasteiger partial charge is 0.255 e. The Kier molecular flexibility index (Phi) is 5.47. The van der Waals surface area contributed by atoms with Gasteiger partial charge in [-0.15, -0.1) is 0 Å². The maximum Gasteiger partial charge on any atom is 0.255 e. The second kappa shape index (κ2) is 8.15. The zero-order valence-corrected chi connectivity index (χ0v) is 14.2. The molecule has 0 aliphatic carbocycles. The molecule has 0 aromatic heterocycles. The van der Waals surface area contributed by atoms with Crippen LogP contribution in [0.25, 0.3) is 0 Å². The van der Waals surface area contributed by atoms with E-state index < -0.39 is 0 Å². The number of benzene rings is 3. The van der Waals surface area contributed by atoms with E-state index in [-0.39, 0.29) is 5.91 Å². The largest absolute Gasteiger partial charge is 0.489 e. The molecular formula is C22H21NO2. The van der Waals surface area contributed by atoms with Crippen molar-refractivity contribution in [2.24, 2.45) is 0 Å². The van der Waals surface area contributed by atoms with Gasteiger partial charge in [-0.3, -0.25) is 4.79 Å². The lowest BCUT2D eigenvalue weighted by molar-refractivity contribution is 0.102. The van der Waals surface area contributed by atoms with Crippen molar-refractivity contribution in [1.29, 1.82) is 0 Å². The highest BCUT2D eigenvalue weighted by Crippen LogP contribution is 2.19. The summed E-state index contributed by atoms with van der Waals surface area (Å²) in [7, 11) is 0. The maximum atomic E-state index is 12.5. The maximum absolute atomic E-state index is 12.5. The minimum absolute atomic E-state index is 0.133. The van der Waals surface area contributed by atoms with Crippen LogP contribution in [0.4, 0.5) is 5.69 Å². The van der Waals surface area contributed by atoms with Gasteiger partial charge in [0.1, 0.15) is 12.4 Å². The second-order valence-electron chi connectivity index (χ2n) is 5.77. The number of hydrogen-bond acceptors (Lipinski definition) is 2. The molecule has 0 fully saturated rings.